The number of hydrogen-bond acceptors (Lipinski definition) is 3. The maximum absolute atomic E-state index is 4.66. The van der Waals surface area contributed by atoms with Crippen molar-refractivity contribution >= 4 is 5.57 Å². The summed E-state index contributed by atoms with van der Waals surface area (Å²) in [5, 5.41) is 1.23. The van der Waals surface area contributed by atoms with Gasteiger partial charge in [-0.3, -0.25) is 0 Å². The molecule has 2 aliphatic heterocycles. The van der Waals surface area contributed by atoms with E-state index in [4.69, 9.17) is 0 Å². The molecule has 20 heavy (non-hydrogen) atoms. The lowest BCUT2D eigenvalue weighted by atomic mass is 9.90. The van der Waals surface area contributed by atoms with Crippen molar-refractivity contribution in [2.45, 2.75) is 19.3 Å². The number of hydrogen-bond donors (Lipinski definition) is 0. The van der Waals surface area contributed by atoms with E-state index in [-0.39, 0.29) is 0 Å². The Morgan fingerprint density at radius 3 is 3.00 bits per heavy atom. The molecule has 0 N–H and O–H groups in total. The van der Waals surface area contributed by atoms with Gasteiger partial charge >= 0.3 is 0 Å². The second kappa shape index (κ2) is 4.98. The third-order valence-corrected chi connectivity index (χ3v) is 4.45. The second-order valence-corrected chi connectivity index (χ2v) is 5.80. The van der Waals surface area contributed by atoms with Gasteiger partial charge in [0.1, 0.15) is 0 Å². The van der Waals surface area contributed by atoms with E-state index in [2.05, 4.69) is 39.2 Å². The standard InChI is InChI=1S/C17H19N3/c1-2-10-20(11-3-1)12-13-6-4-8-15-16(13)14-7-5-9-18-17(14)19-15/h4-9,13H,1-3,10-12H2. The Balaban J connectivity index is 1.70. The van der Waals surface area contributed by atoms with Gasteiger partial charge in [-0.1, -0.05) is 18.6 Å². The second-order valence-electron chi connectivity index (χ2n) is 5.80. The molecule has 1 atom stereocenters. The maximum Gasteiger partial charge on any atom is 0.160 e. The van der Waals surface area contributed by atoms with Gasteiger partial charge in [-0.15, -0.1) is 0 Å². The molecule has 1 aliphatic carbocycles. The predicted molar refractivity (Wildman–Crippen MR) is 79.4 cm³/mol. The Bertz CT molecular complexity index is 693. The molecule has 1 aromatic heterocycles. The molecular weight excluding hydrogens is 246 g/mol. The topological polar surface area (TPSA) is 28.5 Å². The first-order chi connectivity index (χ1) is 9.92. The number of aromatic nitrogens is 1. The lowest BCUT2D eigenvalue weighted by Gasteiger charge is -2.30. The Morgan fingerprint density at radius 1 is 1.20 bits per heavy atom. The Hall–Kier alpha value is -1.74. The summed E-state index contributed by atoms with van der Waals surface area (Å²) in [6, 6.07) is 4.17. The summed E-state index contributed by atoms with van der Waals surface area (Å²) in [5.74, 6) is 0.460. The summed E-state index contributed by atoms with van der Waals surface area (Å²) in [6.45, 7) is 3.61. The van der Waals surface area contributed by atoms with E-state index in [1.165, 1.54) is 43.1 Å². The number of fused-ring (bicyclic) bond motifs is 2. The molecule has 0 spiro atoms. The molecule has 1 unspecified atom stereocenters. The fraction of sp³-hybridized carbons (Fsp3) is 0.412. The van der Waals surface area contributed by atoms with Crippen LogP contribution >= 0.6 is 0 Å². The molecule has 3 nitrogen and oxygen atoms in total. The van der Waals surface area contributed by atoms with E-state index in [0.29, 0.717) is 5.92 Å². The highest BCUT2D eigenvalue weighted by atomic mass is 15.1. The fourth-order valence-corrected chi connectivity index (χ4v) is 3.47. The van der Waals surface area contributed by atoms with Crippen LogP contribution < -0.4 is 10.7 Å². The average Bonchev–Trinajstić information content (AvgIpc) is 2.88. The first-order valence-electron chi connectivity index (χ1n) is 7.57. The van der Waals surface area contributed by atoms with Crippen molar-refractivity contribution in [3.63, 3.8) is 0 Å². The fourth-order valence-electron chi connectivity index (χ4n) is 3.47. The first kappa shape index (κ1) is 12.0. The van der Waals surface area contributed by atoms with Crippen LogP contribution in [0.5, 0.6) is 0 Å². The number of allylic oxidation sites excluding steroid dienone is 3. The normalized spacial score (nSPS) is 24.9. The molecule has 0 radical (unpaired) electrons. The van der Waals surface area contributed by atoms with Crippen LogP contribution in [0.3, 0.4) is 0 Å². The Morgan fingerprint density at radius 2 is 2.10 bits per heavy atom. The summed E-state index contributed by atoms with van der Waals surface area (Å²) in [6.07, 6.45) is 12.5. The van der Waals surface area contributed by atoms with Crippen molar-refractivity contribution in [1.29, 1.82) is 0 Å². The van der Waals surface area contributed by atoms with Gasteiger partial charge in [-0.25, -0.2) is 9.98 Å². The summed E-state index contributed by atoms with van der Waals surface area (Å²) in [7, 11) is 0. The average molecular weight is 265 g/mol. The molecule has 0 aromatic carbocycles. The molecular formula is C17H19N3. The zero-order valence-corrected chi connectivity index (χ0v) is 11.6. The van der Waals surface area contributed by atoms with Gasteiger partial charge in [0.25, 0.3) is 0 Å². The first-order valence-corrected chi connectivity index (χ1v) is 7.57. The van der Waals surface area contributed by atoms with Crippen LogP contribution in [0, 0.1) is 5.92 Å². The smallest absolute Gasteiger partial charge is 0.160 e. The van der Waals surface area contributed by atoms with Crippen LogP contribution in [0.2, 0.25) is 0 Å². The van der Waals surface area contributed by atoms with E-state index < -0.39 is 0 Å². The van der Waals surface area contributed by atoms with Crippen molar-refractivity contribution < 1.29 is 0 Å². The number of rotatable bonds is 2. The molecule has 0 amide bonds. The Labute approximate surface area is 119 Å². The van der Waals surface area contributed by atoms with Crippen molar-refractivity contribution in [2.75, 3.05) is 19.6 Å². The van der Waals surface area contributed by atoms with Gasteiger partial charge in [-0.2, -0.15) is 0 Å². The summed E-state index contributed by atoms with van der Waals surface area (Å²) in [4.78, 5) is 11.7. The minimum Gasteiger partial charge on any atom is -0.302 e. The van der Waals surface area contributed by atoms with E-state index in [1.807, 2.05) is 12.3 Å². The minimum atomic E-state index is 0.460. The molecule has 3 heteroatoms. The van der Waals surface area contributed by atoms with Gasteiger partial charge < -0.3 is 4.90 Å². The highest BCUT2D eigenvalue weighted by molar-refractivity contribution is 5.71. The third kappa shape index (κ3) is 2.02. The molecule has 3 aliphatic rings. The number of piperidine rings is 1. The number of likely N-dealkylation sites (tertiary alicyclic amines) is 1. The predicted octanol–water partition coefficient (Wildman–Crippen LogP) is 1.42. The lowest BCUT2D eigenvalue weighted by Crippen LogP contribution is -2.36. The van der Waals surface area contributed by atoms with Crippen molar-refractivity contribution in [2.24, 2.45) is 10.9 Å². The number of nitrogens with zero attached hydrogens (tertiary/aromatic N) is 3. The number of pyridine rings is 1. The van der Waals surface area contributed by atoms with Crippen LogP contribution in [0.15, 0.2) is 47.2 Å². The van der Waals surface area contributed by atoms with E-state index in [1.54, 1.807) is 0 Å². The van der Waals surface area contributed by atoms with Crippen LogP contribution in [-0.2, 0) is 0 Å². The van der Waals surface area contributed by atoms with Gasteiger partial charge in [0.2, 0.25) is 0 Å². The zero-order chi connectivity index (χ0) is 13.4. The molecule has 102 valence electrons. The molecule has 3 heterocycles. The van der Waals surface area contributed by atoms with Crippen LogP contribution in [-0.4, -0.2) is 29.5 Å². The largest absolute Gasteiger partial charge is 0.302 e. The zero-order valence-electron chi connectivity index (χ0n) is 11.6. The summed E-state index contributed by atoms with van der Waals surface area (Å²) in [5.41, 5.74) is 3.38. The molecule has 4 rings (SSSR count). The van der Waals surface area contributed by atoms with E-state index in [9.17, 15) is 0 Å². The van der Waals surface area contributed by atoms with Crippen molar-refractivity contribution in [3.8, 4) is 0 Å². The minimum absolute atomic E-state index is 0.460. The quantitative estimate of drug-likeness (QED) is 0.809. The van der Waals surface area contributed by atoms with Gasteiger partial charge in [-0.05, 0) is 49.7 Å². The molecule has 0 saturated carbocycles. The third-order valence-electron chi connectivity index (χ3n) is 4.45. The summed E-state index contributed by atoms with van der Waals surface area (Å²) < 4.78 is 0. The molecule has 1 fully saturated rings. The monoisotopic (exact) mass is 265 g/mol. The Kier molecular flexibility index (Phi) is 3.00. The molecule has 1 aromatic rings. The molecule has 0 bridgehead atoms. The lowest BCUT2D eigenvalue weighted by molar-refractivity contribution is 0.220. The highest BCUT2D eigenvalue weighted by Gasteiger charge is 2.25. The van der Waals surface area contributed by atoms with Gasteiger partial charge in [0.15, 0.2) is 5.49 Å². The van der Waals surface area contributed by atoms with Crippen molar-refractivity contribution in [3.05, 3.63) is 53.0 Å². The summed E-state index contributed by atoms with van der Waals surface area (Å²) >= 11 is 0. The van der Waals surface area contributed by atoms with Crippen molar-refractivity contribution in [1.82, 2.24) is 9.88 Å². The van der Waals surface area contributed by atoms with Crippen LogP contribution in [0.1, 0.15) is 19.3 Å². The van der Waals surface area contributed by atoms with E-state index >= 15 is 0 Å². The van der Waals surface area contributed by atoms with E-state index in [0.717, 1.165) is 17.7 Å². The van der Waals surface area contributed by atoms with Gasteiger partial charge in [0, 0.05) is 23.9 Å². The highest BCUT2D eigenvalue weighted by Crippen LogP contribution is 2.29. The maximum atomic E-state index is 4.66. The SMILES string of the molecule is C1=CC(CN2CCCCC2)C2=c3cccnc3=NC2=C1. The van der Waals surface area contributed by atoms with Crippen LogP contribution in [0.25, 0.3) is 5.57 Å². The molecule has 1 saturated heterocycles. The van der Waals surface area contributed by atoms with Crippen LogP contribution in [0.4, 0.5) is 0 Å². The van der Waals surface area contributed by atoms with Gasteiger partial charge in [0.05, 0.1) is 5.70 Å².